The van der Waals surface area contributed by atoms with Crippen LogP contribution in [-0.2, 0) is 14.3 Å². The number of aliphatic carboxylic acids is 1. The molecule has 2 fully saturated rings. The lowest BCUT2D eigenvalue weighted by atomic mass is 10.2. The molecule has 2 rings (SSSR count). The van der Waals surface area contributed by atoms with Gasteiger partial charge in [0.15, 0.2) is 6.10 Å². The molecular weight excluding hydrogens is 222 g/mol. The average Bonchev–Trinajstić information content (AvgIpc) is 2.88. The first-order valence-corrected chi connectivity index (χ1v) is 6.33. The molecule has 0 radical (unpaired) electrons. The molecule has 0 aromatic rings. The fourth-order valence-electron chi connectivity index (χ4n) is 2.58. The van der Waals surface area contributed by atoms with E-state index < -0.39 is 12.1 Å². The summed E-state index contributed by atoms with van der Waals surface area (Å²) in [6.07, 6.45) is 3.56. The normalized spacial score (nSPS) is 33.4. The van der Waals surface area contributed by atoms with Gasteiger partial charge in [-0.3, -0.25) is 0 Å². The summed E-state index contributed by atoms with van der Waals surface area (Å²) in [5, 5.41) is 8.84. The predicted octanol–water partition coefficient (Wildman–Crippen LogP) is 0.729. The van der Waals surface area contributed by atoms with E-state index in [-0.39, 0.29) is 6.10 Å². The first-order chi connectivity index (χ1) is 8.15. The molecule has 0 aromatic carbocycles. The van der Waals surface area contributed by atoms with Gasteiger partial charge < -0.3 is 19.5 Å². The summed E-state index contributed by atoms with van der Waals surface area (Å²) in [6, 6.07) is 0. The molecule has 3 atom stereocenters. The van der Waals surface area contributed by atoms with Gasteiger partial charge in [-0.05, 0) is 32.7 Å². The molecule has 5 heteroatoms. The third-order valence-electron chi connectivity index (χ3n) is 3.44. The molecule has 2 heterocycles. The molecule has 17 heavy (non-hydrogen) atoms. The Bertz CT molecular complexity index is 265. The number of ether oxygens (including phenoxy) is 2. The molecule has 0 aromatic heterocycles. The van der Waals surface area contributed by atoms with E-state index in [9.17, 15) is 4.79 Å². The maximum Gasteiger partial charge on any atom is 0.332 e. The molecule has 98 valence electrons. The fraction of sp³-hybridized carbons (Fsp3) is 0.917. The molecular formula is C12H21NO4. The van der Waals surface area contributed by atoms with Crippen LogP contribution in [0.25, 0.3) is 0 Å². The quantitative estimate of drug-likeness (QED) is 0.771. The molecule has 1 N–H and O–H groups in total. The van der Waals surface area contributed by atoms with Crippen molar-refractivity contribution < 1.29 is 19.4 Å². The van der Waals surface area contributed by atoms with Crippen LogP contribution in [0.4, 0.5) is 0 Å². The van der Waals surface area contributed by atoms with E-state index in [2.05, 4.69) is 4.90 Å². The van der Waals surface area contributed by atoms with Gasteiger partial charge in [0.25, 0.3) is 0 Å². The predicted molar refractivity (Wildman–Crippen MR) is 62.0 cm³/mol. The summed E-state index contributed by atoms with van der Waals surface area (Å²) in [6.45, 7) is 2.58. The van der Waals surface area contributed by atoms with Crippen molar-refractivity contribution in [3.8, 4) is 0 Å². The van der Waals surface area contributed by atoms with Gasteiger partial charge in [0.2, 0.25) is 0 Å². The highest BCUT2D eigenvalue weighted by Crippen LogP contribution is 2.21. The maximum atomic E-state index is 10.8. The zero-order valence-corrected chi connectivity index (χ0v) is 10.3. The third kappa shape index (κ3) is 3.66. The Morgan fingerprint density at radius 1 is 1.29 bits per heavy atom. The minimum absolute atomic E-state index is 0.0579. The number of carbonyl (C=O) groups is 1. The van der Waals surface area contributed by atoms with Crippen LogP contribution in [0.5, 0.6) is 0 Å². The van der Waals surface area contributed by atoms with Gasteiger partial charge in [-0.25, -0.2) is 4.79 Å². The number of hydrogen-bond donors (Lipinski definition) is 1. The number of hydrogen-bond acceptors (Lipinski definition) is 4. The van der Waals surface area contributed by atoms with E-state index in [1.165, 1.54) is 0 Å². The summed E-state index contributed by atoms with van der Waals surface area (Å²) in [4.78, 5) is 12.9. The maximum absolute atomic E-state index is 10.8. The van der Waals surface area contributed by atoms with Crippen LogP contribution in [0.2, 0.25) is 0 Å². The lowest BCUT2D eigenvalue weighted by Gasteiger charge is -2.23. The molecule has 0 saturated carbocycles. The van der Waals surface area contributed by atoms with Crippen molar-refractivity contribution in [2.75, 3.05) is 26.7 Å². The Morgan fingerprint density at radius 2 is 2.06 bits per heavy atom. The van der Waals surface area contributed by atoms with E-state index in [0.29, 0.717) is 12.5 Å². The Labute approximate surface area is 102 Å². The molecule has 0 aliphatic carbocycles. The highest BCUT2D eigenvalue weighted by Gasteiger charge is 2.31. The Morgan fingerprint density at radius 3 is 2.65 bits per heavy atom. The molecule has 0 bridgehead atoms. The molecule has 2 saturated heterocycles. The summed E-state index contributed by atoms with van der Waals surface area (Å²) >= 11 is 0. The van der Waals surface area contributed by atoms with E-state index in [1.54, 1.807) is 0 Å². The zero-order valence-electron chi connectivity index (χ0n) is 10.3. The molecule has 2 aliphatic heterocycles. The zero-order chi connectivity index (χ0) is 12.3. The van der Waals surface area contributed by atoms with Crippen LogP contribution in [0.3, 0.4) is 0 Å². The topological polar surface area (TPSA) is 59.0 Å². The number of carboxylic acids is 1. The van der Waals surface area contributed by atoms with Crippen LogP contribution >= 0.6 is 0 Å². The molecule has 0 spiro atoms. The van der Waals surface area contributed by atoms with Gasteiger partial charge in [-0.2, -0.15) is 0 Å². The van der Waals surface area contributed by atoms with Gasteiger partial charge in [0, 0.05) is 19.7 Å². The minimum Gasteiger partial charge on any atom is -0.479 e. The Hall–Kier alpha value is -0.650. The van der Waals surface area contributed by atoms with Crippen LogP contribution in [-0.4, -0.2) is 61.0 Å². The first kappa shape index (κ1) is 12.8. The monoisotopic (exact) mass is 243 g/mol. The minimum atomic E-state index is -0.839. The lowest BCUT2D eigenvalue weighted by Crippen LogP contribution is -2.35. The van der Waals surface area contributed by atoms with Crippen molar-refractivity contribution in [3.63, 3.8) is 0 Å². The van der Waals surface area contributed by atoms with Crippen LogP contribution in [0.1, 0.15) is 25.7 Å². The van der Waals surface area contributed by atoms with Crippen molar-refractivity contribution in [1.29, 1.82) is 0 Å². The van der Waals surface area contributed by atoms with Gasteiger partial charge in [-0.1, -0.05) is 0 Å². The second kappa shape index (κ2) is 5.80. The lowest BCUT2D eigenvalue weighted by molar-refractivity contribution is -0.149. The Kier molecular flexibility index (Phi) is 4.36. The van der Waals surface area contributed by atoms with Gasteiger partial charge in [0.05, 0.1) is 12.2 Å². The number of likely N-dealkylation sites (N-methyl/N-ethyl adjacent to an activating group) is 1. The summed E-state index contributed by atoms with van der Waals surface area (Å²) in [5.74, 6) is -0.839. The van der Waals surface area contributed by atoms with Crippen LogP contribution < -0.4 is 0 Å². The van der Waals surface area contributed by atoms with Crippen molar-refractivity contribution >= 4 is 5.97 Å². The SMILES string of the molecule is CN(CC1CCCO1)CC1CCC(C(=O)O)O1. The van der Waals surface area contributed by atoms with Gasteiger partial charge in [-0.15, -0.1) is 0 Å². The van der Waals surface area contributed by atoms with Crippen molar-refractivity contribution in [1.82, 2.24) is 4.90 Å². The van der Waals surface area contributed by atoms with Crippen LogP contribution in [0.15, 0.2) is 0 Å². The first-order valence-electron chi connectivity index (χ1n) is 6.33. The molecule has 0 amide bonds. The highest BCUT2D eigenvalue weighted by atomic mass is 16.5. The van der Waals surface area contributed by atoms with Crippen molar-refractivity contribution in [2.45, 2.75) is 44.0 Å². The molecule has 2 aliphatic rings. The highest BCUT2D eigenvalue weighted by molar-refractivity contribution is 5.72. The average molecular weight is 243 g/mol. The van der Waals surface area contributed by atoms with Crippen molar-refractivity contribution in [2.24, 2.45) is 0 Å². The molecule has 5 nitrogen and oxygen atoms in total. The van der Waals surface area contributed by atoms with Crippen LogP contribution in [0, 0.1) is 0 Å². The summed E-state index contributed by atoms with van der Waals surface area (Å²) in [5.41, 5.74) is 0. The third-order valence-corrected chi connectivity index (χ3v) is 3.44. The van der Waals surface area contributed by atoms with E-state index in [1.807, 2.05) is 7.05 Å². The van der Waals surface area contributed by atoms with Gasteiger partial charge in [0.1, 0.15) is 0 Å². The largest absolute Gasteiger partial charge is 0.479 e. The smallest absolute Gasteiger partial charge is 0.332 e. The van der Waals surface area contributed by atoms with E-state index >= 15 is 0 Å². The van der Waals surface area contributed by atoms with E-state index in [0.717, 1.165) is 39.0 Å². The second-order valence-electron chi connectivity index (χ2n) is 5.02. The molecule has 3 unspecified atom stereocenters. The summed E-state index contributed by atoms with van der Waals surface area (Å²) in [7, 11) is 2.04. The van der Waals surface area contributed by atoms with E-state index in [4.69, 9.17) is 14.6 Å². The van der Waals surface area contributed by atoms with Crippen molar-refractivity contribution in [3.05, 3.63) is 0 Å². The number of nitrogens with zero attached hydrogens (tertiary/aromatic N) is 1. The number of carboxylic acid groups (broad SMARTS) is 1. The Balaban J connectivity index is 1.68. The van der Waals surface area contributed by atoms with Gasteiger partial charge >= 0.3 is 5.97 Å². The fourth-order valence-corrected chi connectivity index (χ4v) is 2.58. The standard InChI is InChI=1S/C12H21NO4/c1-13(7-9-3-2-6-16-9)8-10-4-5-11(17-10)12(14)15/h9-11H,2-8H2,1H3,(H,14,15). The number of rotatable bonds is 5. The summed E-state index contributed by atoms with van der Waals surface area (Å²) < 4.78 is 11.0. The second-order valence-corrected chi connectivity index (χ2v) is 5.02.